The number of rotatable bonds is 0. The maximum Gasteiger partial charge on any atom is 0.122 e. The molecule has 0 amide bonds. The highest BCUT2D eigenvalue weighted by Gasteiger charge is 2.68. The zero-order valence-corrected chi connectivity index (χ0v) is 19.8. The molecule has 3 N–H and O–H groups in total. The minimum absolute atomic E-state index is 0.0300. The number of nitrogens with two attached hydrogens (primary N) is 1. The lowest BCUT2D eigenvalue weighted by molar-refractivity contribution is -0.115. The van der Waals surface area contributed by atoms with Gasteiger partial charge in [0.15, 0.2) is 0 Å². The van der Waals surface area contributed by atoms with Gasteiger partial charge >= 0.3 is 0 Å². The Morgan fingerprint density at radius 1 is 1.07 bits per heavy atom. The zero-order chi connectivity index (χ0) is 20.9. The Balaban J connectivity index is 1.28. The van der Waals surface area contributed by atoms with Crippen molar-refractivity contribution in [3.8, 4) is 0 Å². The molecule has 4 aliphatic carbocycles. The van der Waals surface area contributed by atoms with Crippen molar-refractivity contribution in [2.75, 3.05) is 6.54 Å². The van der Waals surface area contributed by atoms with Gasteiger partial charge in [-0.1, -0.05) is 39.3 Å². The second-order valence-electron chi connectivity index (χ2n) is 12.9. The second-order valence-corrected chi connectivity index (χ2v) is 12.9. The predicted octanol–water partition coefficient (Wildman–Crippen LogP) is 5.25. The summed E-state index contributed by atoms with van der Waals surface area (Å²) in [5.74, 6) is 4.75. The van der Waals surface area contributed by atoms with E-state index in [0.717, 1.165) is 42.6 Å². The van der Waals surface area contributed by atoms with Crippen LogP contribution in [0.2, 0.25) is 0 Å². The molecule has 2 heterocycles. The van der Waals surface area contributed by atoms with E-state index in [1.807, 2.05) is 0 Å². The van der Waals surface area contributed by atoms with Crippen molar-refractivity contribution in [1.82, 2.24) is 5.32 Å². The molecule has 3 nitrogen and oxygen atoms in total. The van der Waals surface area contributed by atoms with Crippen molar-refractivity contribution < 1.29 is 4.74 Å². The lowest BCUT2D eigenvalue weighted by Gasteiger charge is -2.58. The van der Waals surface area contributed by atoms with Crippen molar-refractivity contribution in [2.24, 2.45) is 52.1 Å². The van der Waals surface area contributed by atoms with Crippen LogP contribution in [-0.4, -0.2) is 24.4 Å². The van der Waals surface area contributed by atoms with Crippen LogP contribution in [0.3, 0.4) is 0 Å². The molecular formula is C27H44N2O. The molecule has 11 atom stereocenters. The molecule has 30 heavy (non-hydrogen) atoms. The first-order chi connectivity index (χ1) is 14.3. The van der Waals surface area contributed by atoms with Gasteiger partial charge in [-0.15, -0.1) is 0 Å². The van der Waals surface area contributed by atoms with Crippen LogP contribution in [0, 0.1) is 46.3 Å². The van der Waals surface area contributed by atoms with E-state index in [0.29, 0.717) is 28.9 Å². The number of ether oxygens (including phenoxy) is 1. The minimum Gasteiger partial charge on any atom is -0.357 e. The van der Waals surface area contributed by atoms with E-state index in [2.05, 4.69) is 39.1 Å². The van der Waals surface area contributed by atoms with Gasteiger partial charge in [0.1, 0.15) is 5.72 Å². The number of hydrogen-bond acceptors (Lipinski definition) is 3. The molecule has 0 aromatic carbocycles. The third-order valence-corrected chi connectivity index (χ3v) is 11.6. The average molecular weight is 413 g/mol. The first-order valence-electron chi connectivity index (χ1n) is 13.1. The summed E-state index contributed by atoms with van der Waals surface area (Å²) in [6.07, 6.45) is 14.8. The van der Waals surface area contributed by atoms with E-state index in [1.165, 1.54) is 51.4 Å². The van der Waals surface area contributed by atoms with Crippen LogP contribution in [0.1, 0.15) is 85.5 Å². The Labute approximate surface area is 184 Å². The normalized spacial score (nSPS) is 59.8. The first kappa shape index (κ1) is 20.2. The molecule has 1 spiro atoms. The maximum atomic E-state index is 7.01. The molecule has 2 aliphatic heterocycles. The summed E-state index contributed by atoms with van der Waals surface area (Å²) in [5.41, 5.74) is 8.94. The summed E-state index contributed by atoms with van der Waals surface area (Å²) in [6, 6.07) is 0.400. The van der Waals surface area contributed by atoms with Gasteiger partial charge in [-0.2, -0.15) is 0 Å². The lowest BCUT2D eigenvalue weighted by atomic mass is 9.46. The Morgan fingerprint density at radius 3 is 2.67 bits per heavy atom. The molecule has 6 aliphatic rings. The van der Waals surface area contributed by atoms with Crippen LogP contribution < -0.4 is 11.1 Å². The predicted molar refractivity (Wildman–Crippen MR) is 122 cm³/mol. The number of allylic oxidation sites excluding steroid dienone is 1. The smallest absolute Gasteiger partial charge is 0.122 e. The van der Waals surface area contributed by atoms with Crippen LogP contribution in [0.4, 0.5) is 0 Å². The van der Waals surface area contributed by atoms with Gasteiger partial charge in [-0.05, 0) is 98.2 Å². The van der Waals surface area contributed by atoms with Crippen LogP contribution in [-0.2, 0) is 4.74 Å². The highest BCUT2D eigenvalue weighted by molar-refractivity contribution is 5.26. The van der Waals surface area contributed by atoms with Gasteiger partial charge in [-0.3, -0.25) is 5.32 Å². The highest BCUT2D eigenvalue weighted by Crippen LogP contribution is 2.70. The largest absolute Gasteiger partial charge is 0.357 e. The van der Waals surface area contributed by atoms with E-state index in [9.17, 15) is 0 Å². The van der Waals surface area contributed by atoms with Gasteiger partial charge in [0.25, 0.3) is 0 Å². The third kappa shape index (κ3) is 2.55. The van der Waals surface area contributed by atoms with Crippen LogP contribution in [0.15, 0.2) is 11.6 Å². The fraction of sp³-hybridized carbons (Fsp3) is 0.926. The Hall–Kier alpha value is -0.380. The van der Waals surface area contributed by atoms with Gasteiger partial charge < -0.3 is 10.5 Å². The molecule has 168 valence electrons. The van der Waals surface area contributed by atoms with Crippen molar-refractivity contribution in [3.63, 3.8) is 0 Å². The van der Waals surface area contributed by atoms with Crippen LogP contribution >= 0.6 is 0 Å². The maximum absolute atomic E-state index is 7.01. The van der Waals surface area contributed by atoms with E-state index in [-0.39, 0.29) is 5.72 Å². The van der Waals surface area contributed by atoms with E-state index in [4.69, 9.17) is 10.5 Å². The van der Waals surface area contributed by atoms with E-state index in [1.54, 1.807) is 5.57 Å². The fourth-order valence-corrected chi connectivity index (χ4v) is 9.89. The molecular weight excluding hydrogens is 368 g/mol. The summed E-state index contributed by atoms with van der Waals surface area (Å²) in [7, 11) is 0. The Bertz CT molecular complexity index is 739. The summed E-state index contributed by atoms with van der Waals surface area (Å²) < 4.78 is 7.01. The van der Waals surface area contributed by atoms with Crippen LogP contribution in [0.5, 0.6) is 0 Å². The van der Waals surface area contributed by atoms with Gasteiger partial charge in [0.05, 0.1) is 6.10 Å². The Kier molecular flexibility index (Phi) is 4.44. The van der Waals surface area contributed by atoms with Gasteiger partial charge in [0.2, 0.25) is 0 Å². The number of hydrogen-bond donors (Lipinski definition) is 2. The van der Waals surface area contributed by atoms with Crippen molar-refractivity contribution in [3.05, 3.63) is 11.6 Å². The molecule has 1 unspecified atom stereocenters. The summed E-state index contributed by atoms with van der Waals surface area (Å²) >= 11 is 0. The SMILES string of the molecule is C[C@@H]1CC[C@@]2(NC1)O[C@H]1C[C@H]3[C@@H]4CC=C5C[C@H](N)CC[C@]5(C)[C@H]4CC[C@]3(C)C1[C@@H]2C. The molecule has 0 radical (unpaired) electrons. The van der Waals surface area contributed by atoms with Gasteiger partial charge in [0, 0.05) is 18.5 Å². The molecule has 5 fully saturated rings. The molecule has 6 rings (SSSR count). The van der Waals surface area contributed by atoms with Crippen molar-refractivity contribution >= 4 is 0 Å². The first-order valence-corrected chi connectivity index (χ1v) is 13.1. The molecule has 0 aromatic heterocycles. The summed E-state index contributed by atoms with van der Waals surface area (Å²) in [4.78, 5) is 0. The van der Waals surface area contributed by atoms with E-state index >= 15 is 0 Å². The molecule has 3 saturated carbocycles. The summed E-state index contributed by atoms with van der Waals surface area (Å²) in [6.45, 7) is 11.3. The standard InChI is InChI=1S/C27H44N2O/c1-16-7-12-27(29-15-16)17(2)24-23(30-27)14-22-20-6-5-18-13-19(28)8-10-25(18,3)21(20)9-11-26(22,24)4/h5,16-17,19-24,29H,6-15,28H2,1-4H3/t16-,17+,19-,20-,21+,22+,23+,24?,25+,26+,27-/m1/s1. The summed E-state index contributed by atoms with van der Waals surface area (Å²) in [5, 5.41) is 3.90. The van der Waals surface area contributed by atoms with E-state index < -0.39 is 0 Å². The minimum atomic E-state index is -0.0300. The number of nitrogens with one attached hydrogen (secondary N) is 1. The number of fused-ring (bicyclic) bond motifs is 7. The topological polar surface area (TPSA) is 47.3 Å². The highest BCUT2D eigenvalue weighted by atomic mass is 16.5. The second kappa shape index (κ2) is 6.58. The number of piperidine rings is 1. The quantitative estimate of drug-likeness (QED) is 0.534. The molecule has 0 aromatic rings. The van der Waals surface area contributed by atoms with Crippen molar-refractivity contribution in [2.45, 2.75) is 103 Å². The molecule has 0 bridgehead atoms. The third-order valence-electron chi connectivity index (χ3n) is 11.6. The zero-order valence-electron chi connectivity index (χ0n) is 19.8. The monoisotopic (exact) mass is 412 g/mol. The lowest BCUT2D eigenvalue weighted by Crippen LogP contribution is -2.57. The molecule has 3 heteroatoms. The molecule has 2 saturated heterocycles. The van der Waals surface area contributed by atoms with Crippen LogP contribution in [0.25, 0.3) is 0 Å². The average Bonchev–Trinajstić information content (AvgIpc) is 3.16. The van der Waals surface area contributed by atoms with Crippen molar-refractivity contribution in [1.29, 1.82) is 0 Å². The Morgan fingerprint density at radius 2 is 1.90 bits per heavy atom. The fourth-order valence-electron chi connectivity index (χ4n) is 9.89. The van der Waals surface area contributed by atoms with Gasteiger partial charge in [-0.25, -0.2) is 0 Å².